The summed E-state index contributed by atoms with van der Waals surface area (Å²) < 4.78 is 8.86. The van der Waals surface area contributed by atoms with Gasteiger partial charge in [0.25, 0.3) is 11.5 Å². The maximum Gasteiger partial charge on any atom is 0.330 e. The van der Waals surface area contributed by atoms with Crippen molar-refractivity contribution in [2.75, 3.05) is 32.8 Å². The number of rotatable bonds is 6. The molecule has 0 bridgehead atoms. The van der Waals surface area contributed by atoms with Gasteiger partial charge in [0.2, 0.25) is 0 Å². The molecule has 0 spiro atoms. The second-order valence-electron chi connectivity index (χ2n) is 8.13. The lowest BCUT2D eigenvalue weighted by Crippen LogP contribution is -2.51. The van der Waals surface area contributed by atoms with Gasteiger partial charge >= 0.3 is 5.69 Å². The van der Waals surface area contributed by atoms with Crippen LogP contribution in [-0.2, 0) is 29.7 Å². The van der Waals surface area contributed by atoms with E-state index in [1.165, 1.54) is 0 Å². The Balaban J connectivity index is 1.49. The molecule has 2 aliphatic heterocycles. The minimum absolute atomic E-state index is 0.0985. The van der Waals surface area contributed by atoms with Gasteiger partial charge in [0.15, 0.2) is 11.2 Å². The second-order valence-corrected chi connectivity index (χ2v) is 8.13. The molecular weight excluding hydrogens is 388 g/mol. The average Bonchev–Trinajstić information content (AvgIpc) is 3.37. The molecule has 0 aromatic carbocycles. The minimum Gasteiger partial charge on any atom is -0.368 e. The Morgan fingerprint density at radius 1 is 1.23 bits per heavy atom. The number of carbonyl (C=O) groups is 1. The van der Waals surface area contributed by atoms with Crippen LogP contribution in [0.5, 0.6) is 0 Å². The summed E-state index contributed by atoms with van der Waals surface area (Å²) in [5.41, 5.74) is 0.0534. The zero-order chi connectivity index (χ0) is 21.3. The van der Waals surface area contributed by atoms with E-state index in [4.69, 9.17) is 4.74 Å². The molecule has 164 valence electrons. The Labute approximate surface area is 174 Å². The van der Waals surface area contributed by atoms with Crippen molar-refractivity contribution in [3.8, 4) is 0 Å². The third-order valence-electron chi connectivity index (χ3n) is 6.10. The lowest BCUT2D eigenvalue weighted by Gasteiger charge is -2.35. The molecule has 1 N–H and O–H groups in total. The highest BCUT2D eigenvalue weighted by molar-refractivity contribution is 5.81. The van der Waals surface area contributed by atoms with Gasteiger partial charge in [-0.1, -0.05) is 13.3 Å². The third-order valence-corrected chi connectivity index (χ3v) is 6.10. The van der Waals surface area contributed by atoms with Crippen LogP contribution in [0.15, 0.2) is 9.59 Å². The molecule has 4 rings (SSSR count). The quantitative estimate of drug-likeness (QED) is 0.711. The molecule has 10 heteroatoms. The Morgan fingerprint density at radius 2 is 2.00 bits per heavy atom. The van der Waals surface area contributed by atoms with E-state index >= 15 is 0 Å². The Hall–Kier alpha value is -2.46. The van der Waals surface area contributed by atoms with Crippen molar-refractivity contribution < 1.29 is 9.53 Å². The summed E-state index contributed by atoms with van der Waals surface area (Å²) in [6, 6.07) is 0. The first-order valence-corrected chi connectivity index (χ1v) is 10.8. The van der Waals surface area contributed by atoms with E-state index in [-0.39, 0.29) is 12.0 Å². The van der Waals surface area contributed by atoms with Gasteiger partial charge in [-0.3, -0.25) is 24.0 Å². The standard InChI is InChI=1S/C20H30N6O4/c1-3-4-7-26-17-16(18(27)22-20(26)29)23(2)15(21-17)13-24-8-10-25(11-9-24)19(28)14-6-5-12-30-14/h14H,3-13H2,1-2H3,(H,22,27,29). The fourth-order valence-corrected chi connectivity index (χ4v) is 4.26. The second kappa shape index (κ2) is 8.73. The average molecular weight is 418 g/mol. The normalized spacial score (nSPS) is 20.3. The van der Waals surface area contributed by atoms with Crippen LogP contribution in [0, 0.1) is 0 Å². The van der Waals surface area contributed by atoms with Crippen molar-refractivity contribution in [1.29, 1.82) is 0 Å². The molecule has 4 heterocycles. The van der Waals surface area contributed by atoms with Crippen LogP contribution in [0.1, 0.15) is 38.4 Å². The fourth-order valence-electron chi connectivity index (χ4n) is 4.26. The molecule has 30 heavy (non-hydrogen) atoms. The predicted octanol–water partition coefficient (Wildman–Crippen LogP) is 0.0466. The van der Waals surface area contributed by atoms with Crippen LogP contribution in [0.4, 0.5) is 0 Å². The Kier molecular flexibility index (Phi) is 6.05. The van der Waals surface area contributed by atoms with E-state index in [9.17, 15) is 14.4 Å². The number of aryl methyl sites for hydroxylation is 2. The Morgan fingerprint density at radius 3 is 2.67 bits per heavy atom. The largest absolute Gasteiger partial charge is 0.368 e. The monoisotopic (exact) mass is 418 g/mol. The van der Waals surface area contributed by atoms with E-state index in [1.54, 1.807) is 9.13 Å². The molecule has 1 unspecified atom stereocenters. The topological polar surface area (TPSA) is 105 Å². The van der Waals surface area contributed by atoms with Crippen molar-refractivity contribution in [2.24, 2.45) is 7.05 Å². The molecule has 2 saturated heterocycles. The van der Waals surface area contributed by atoms with Crippen molar-refractivity contribution in [2.45, 2.75) is 51.8 Å². The van der Waals surface area contributed by atoms with E-state index in [0.717, 1.165) is 44.6 Å². The molecule has 2 aromatic rings. The molecule has 0 aliphatic carbocycles. The number of aromatic amines is 1. The number of H-pyrrole nitrogens is 1. The smallest absolute Gasteiger partial charge is 0.330 e. The number of hydrogen-bond acceptors (Lipinski definition) is 6. The zero-order valence-electron chi connectivity index (χ0n) is 17.7. The molecule has 2 aliphatic rings. The number of hydrogen-bond donors (Lipinski definition) is 1. The van der Waals surface area contributed by atoms with Crippen molar-refractivity contribution in [3.63, 3.8) is 0 Å². The number of piperazine rings is 1. The first-order chi connectivity index (χ1) is 14.5. The van der Waals surface area contributed by atoms with Crippen LogP contribution >= 0.6 is 0 Å². The lowest BCUT2D eigenvalue weighted by molar-refractivity contribution is -0.142. The highest BCUT2D eigenvalue weighted by Gasteiger charge is 2.30. The number of imidazole rings is 1. The highest BCUT2D eigenvalue weighted by atomic mass is 16.5. The molecule has 1 atom stereocenters. The number of aromatic nitrogens is 4. The predicted molar refractivity (Wildman–Crippen MR) is 111 cm³/mol. The van der Waals surface area contributed by atoms with Gasteiger partial charge in [-0.15, -0.1) is 0 Å². The number of amides is 1. The van der Waals surface area contributed by atoms with Gasteiger partial charge in [-0.25, -0.2) is 9.78 Å². The summed E-state index contributed by atoms with van der Waals surface area (Å²) in [5, 5.41) is 0. The van der Waals surface area contributed by atoms with E-state index in [0.29, 0.717) is 43.9 Å². The number of carbonyl (C=O) groups excluding carboxylic acids is 1. The summed E-state index contributed by atoms with van der Waals surface area (Å²) in [6.07, 6.45) is 3.27. The van der Waals surface area contributed by atoms with Gasteiger partial charge in [-0.05, 0) is 19.3 Å². The molecule has 2 aromatic heterocycles. The summed E-state index contributed by atoms with van der Waals surface area (Å²) in [5.74, 6) is 0.839. The maximum absolute atomic E-state index is 12.5. The number of fused-ring (bicyclic) bond motifs is 1. The number of nitrogens with one attached hydrogen (secondary N) is 1. The summed E-state index contributed by atoms with van der Waals surface area (Å²) >= 11 is 0. The summed E-state index contributed by atoms with van der Waals surface area (Å²) in [6.45, 7) is 6.61. The van der Waals surface area contributed by atoms with E-state index < -0.39 is 11.2 Å². The van der Waals surface area contributed by atoms with Crippen LogP contribution in [0.3, 0.4) is 0 Å². The first kappa shape index (κ1) is 20.8. The molecule has 2 fully saturated rings. The number of unbranched alkanes of at least 4 members (excludes halogenated alkanes) is 1. The van der Waals surface area contributed by atoms with Gasteiger partial charge < -0.3 is 14.2 Å². The van der Waals surface area contributed by atoms with Crippen LogP contribution in [-0.4, -0.2) is 73.7 Å². The minimum atomic E-state index is -0.410. The Bertz CT molecular complexity index is 1020. The molecule has 0 radical (unpaired) electrons. The summed E-state index contributed by atoms with van der Waals surface area (Å²) in [7, 11) is 1.81. The number of ether oxygens (including phenoxy) is 1. The van der Waals surface area contributed by atoms with Gasteiger partial charge in [-0.2, -0.15) is 0 Å². The van der Waals surface area contributed by atoms with Gasteiger partial charge in [0.1, 0.15) is 11.9 Å². The van der Waals surface area contributed by atoms with Crippen molar-refractivity contribution >= 4 is 17.1 Å². The zero-order valence-corrected chi connectivity index (χ0v) is 17.7. The van der Waals surface area contributed by atoms with E-state index in [1.807, 2.05) is 11.9 Å². The van der Waals surface area contributed by atoms with Crippen LogP contribution in [0.2, 0.25) is 0 Å². The lowest BCUT2D eigenvalue weighted by atomic mass is 10.2. The third kappa shape index (κ3) is 3.93. The van der Waals surface area contributed by atoms with Crippen LogP contribution in [0.25, 0.3) is 11.2 Å². The molecular formula is C20H30N6O4. The van der Waals surface area contributed by atoms with Gasteiger partial charge in [0.05, 0.1) is 6.54 Å². The van der Waals surface area contributed by atoms with Crippen LogP contribution < -0.4 is 11.2 Å². The highest BCUT2D eigenvalue weighted by Crippen LogP contribution is 2.17. The van der Waals surface area contributed by atoms with Crippen molar-refractivity contribution in [1.82, 2.24) is 28.9 Å². The molecule has 10 nitrogen and oxygen atoms in total. The first-order valence-electron chi connectivity index (χ1n) is 10.8. The maximum atomic E-state index is 12.5. The SMILES string of the molecule is CCCCn1c(=O)[nH]c(=O)c2c1nc(CN1CCN(C(=O)C3CCCO3)CC1)n2C. The van der Waals surface area contributed by atoms with E-state index in [2.05, 4.69) is 21.8 Å². The van der Waals surface area contributed by atoms with Crippen molar-refractivity contribution in [3.05, 3.63) is 26.7 Å². The van der Waals surface area contributed by atoms with Gasteiger partial charge in [0, 0.05) is 46.4 Å². The number of nitrogens with zero attached hydrogens (tertiary/aromatic N) is 5. The summed E-state index contributed by atoms with van der Waals surface area (Å²) in [4.78, 5) is 48.4. The fraction of sp³-hybridized carbons (Fsp3) is 0.700. The molecule has 1 amide bonds. The molecule has 0 saturated carbocycles.